The molecule has 22 heavy (non-hydrogen) atoms. The molecular formula is C16H25N3O3. The summed E-state index contributed by atoms with van der Waals surface area (Å²) in [4.78, 5) is 18.9. The molecule has 6 nitrogen and oxygen atoms in total. The van der Waals surface area contributed by atoms with Crippen LogP contribution >= 0.6 is 0 Å². The van der Waals surface area contributed by atoms with Gasteiger partial charge in [0, 0.05) is 18.4 Å². The maximum atomic E-state index is 12.9. The second-order valence-electron chi connectivity index (χ2n) is 7.13. The summed E-state index contributed by atoms with van der Waals surface area (Å²) in [5.74, 6) is 0.900. The van der Waals surface area contributed by atoms with Crippen molar-refractivity contribution in [3.63, 3.8) is 0 Å². The van der Waals surface area contributed by atoms with Crippen LogP contribution in [0.15, 0.2) is 4.52 Å². The Hall–Kier alpha value is -1.43. The number of carbonyl (C=O) groups excluding carboxylic acids is 1. The molecule has 2 aliphatic rings. The van der Waals surface area contributed by atoms with Gasteiger partial charge in [-0.3, -0.25) is 4.79 Å². The molecule has 1 amide bonds. The molecule has 0 bridgehead atoms. The van der Waals surface area contributed by atoms with Crippen molar-refractivity contribution in [3.05, 3.63) is 11.7 Å². The average molecular weight is 307 g/mol. The van der Waals surface area contributed by atoms with Gasteiger partial charge in [-0.2, -0.15) is 4.98 Å². The summed E-state index contributed by atoms with van der Waals surface area (Å²) in [5, 5.41) is 14.5. The van der Waals surface area contributed by atoms with Crippen molar-refractivity contribution >= 4 is 5.91 Å². The smallest absolute Gasteiger partial charge is 0.260 e. The molecule has 1 unspecified atom stereocenters. The van der Waals surface area contributed by atoms with Gasteiger partial charge >= 0.3 is 0 Å². The zero-order valence-corrected chi connectivity index (χ0v) is 13.5. The van der Waals surface area contributed by atoms with E-state index in [0.29, 0.717) is 18.8 Å². The Kier molecular flexibility index (Phi) is 3.97. The number of amides is 1. The Morgan fingerprint density at radius 1 is 1.23 bits per heavy atom. The highest BCUT2D eigenvalue weighted by Gasteiger charge is 2.47. The number of aryl methyl sites for hydroxylation is 1. The van der Waals surface area contributed by atoms with E-state index >= 15 is 0 Å². The van der Waals surface area contributed by atoms with Crippen molar-refractivity contribution in [1.82, 2.24) is 15.0 Å². The van der Waals surface area contributed by atoms with Crippen LogP contribution in [-0.2, 0) is 10.4 Å². The molecule has 0 radical (unpaired) electrons. The van der Waals surface area contributed by atoms with E-state index in [1.54, 1.807) is 11.8 Å². The number of likely N-dealkylation sites (tertiary alicyclic amines) is 1. The lowest BCUT2D eigenvalue weighted by Gasteiger charge is -2.32. The molecule has 2 fully saturated rings. The van der Waals surface area contributed by atoms with Gasteiger partial charge in [0.05, 0.1) is 6.54 Å². The number of aliphatic hydroxyl groups is 1. The average Bonchev–Trinajstić information content (AvgIpc) is 3.03. The molecule has 1 aliphatic carbocycles. The van der Waals surface area contributed by atoms with Crippen LogP contribution in [0.2, 0.25) is 0 Å². The van der Waals surface area contributed by atoms with Crippen LogP contribution in [0, 0.1) is 12.3 Å². The highest BCUT2D eigenvalue weighted by molar-refractivity contribution is 5.82. The van der Waals surface area contributed by atoms with E-state index in [-0.39, 0.29) is 23.8 Å². The third-order valence-electron chi connectivity index (χ3n) is 5.18. The number of aromatic nitrogens is 2. The molecule has 1 aromatic heterocycles. The van der Waals surface area contributed by atoms with Gasteiger partial charge in [0.25, 0.3) is 5.89 Å². The van der Waals surface area contributed by atoms with Crippen LogP contribution in [0.25, 0.3) is 0 Å². The molecule has 0 spiro atoms. The van der Waals surface area contributed by atoms with E-state index < -0.39 is 5.60 Å². The van der Waals surface area contributed by atoms with E-state index in [1.165, 1.54) is 12.8 Å². The first-order chi connectivity index (χ1) is 10.4. The van der Waals surface area contributed by atoms with Crippen molar-refractivity contribution in [2.24, 2.45) is 5.41 Å². The first-order valence-corrected chi connectivity index (χ1v) is 8.26. The fourth-order valence-electron chi connectivity index (χ4n) is 3.73. The van der Waals surface area contributed by atoms with E-state index in [0.717, 1.165) is 25.7 Å². The van der Waals surface area contributed by atoms with Gasteiger partial charge < -0.3 is 14.5 Å². The Morgan fingerprint density at radius 3 is 2.50 bits per heavy atom. The minimum Gasteiger partial charge on any atom is -0.378 e. The van der Waals surface area contributed by atoms with Crippen LogP contribution < -0.4 is 0 Å². The lowest BCUT2D eigenvalue weighted by atomic mass is 9.81. The first kappa shape index (κ1) is 15.5. The molecule has 3 rings (SSSR count). The molecular weight excluding hydrogens is 282 g/mol. The van der Waals surface area contributed by atoms with Crippen LogP contribution in [0.3, 0.4) is 0 Å². The molecule has 0 aromatic carbocycles. The van der Waals surface area contributed by atoms with Crippen molar-refractivity contribution in [2.45, 2.75) is 64.4 Å². The van der Waals surface area contributed by atoms with E-state index in [2.05, 4.69) is 17.1 Å². The minimum atomic E-state index is -1.20. The van der Waals surface area contributed by atoms with Crippen molar-refractivity contribution in [3.8, 4) is 0 Å². The first-order valence-electron chi connectivity index (χ1n) is 8.26. The van der Waals surface area contributed by atoms with Gasteiger partial charge in [0.15, 0.2) is 11.4 Å². The SMILES string of the molecule is Cc1noc(C2(O)CCN(C(=O)C3(C)CCCCCC3)C2)n1. The standard InChI is InChI=1S/C16H25N3O3/c1-12-17-13(22-18-12)16(21)9-10-19(11-16)14(20)15(2)7-5-3-4-6-8-15/h21H,3-11H2,1-2H3. The summed E-state index contributed by atoms with van der Waals surface area (Å²) in [5.41, 5.74) is -1.48. The quantitative estimate of drug-likeness (QED) is 0.847. The van der Waals surface area contributed by atoms with Crippen LogP contribution in [0.1, 0.15) is 63.6 Å². The molecule has 6 heteroatoms. The third-order valence-corrected chi connectivity index (χ3v) is 5.18. The van der Waals surface area contributed by atoms with E-state index in [9.17, 15) is 9.90 Å². The monoisotopic (exact) mass is 307 g/mol. The number of nitrogens with zero attached hydrogens (tertiary/aromatic N) is 3. The third kappa shape index (κ3) is 2.76. The van der Waals surface area contributed by atoms with Gasteiger partial charge in [0.2, 0.25) is 5.91 Å². The number of rotatable bonds is 2. The fraction of sp³-hybridized carbons (Fsp3) is 0.812. The largest absolute Gasteiger partial charge is 0.378 e. The maximum absolute atomic E-state index is 12.9. The number of hydrogen-bond donors (Lipinski definition) is 1. The van der Waals surface area contributed by atoms with Crippen LogP contribution in [-0.4, -0.2) is 39.1 Å². The predicted molar refractivity (Wildman–Crippen MR) is 79.9 cm³/mol. The fourth-order valence-corrected chi connectivity index (χ4v) is 3.73. The minimum absolute atomic E-state index is 0.168. The van der Waals surface area contributed by atoms with Gasteiger partial charge in [-0.05, 0) is 19.8 Å². The van der Waals surface area contributed by atoms with Gasteiger partial charge in [-0.25, -0.2) is 0 Å². The highest BCUT2D eigenvalue weighted by atomic mass is 16.5. The summed E-state index contributed by atoms with van der Waals surface area (Å²) in [7, 11) is 0. The number of β-amino-alcohol motifs (C(OH)–C–C–N with tert-alkyl or cyclic N) is 1. The molecule has 1 aliphatic heterocycles. The Labute approximate surface area is 130 Å². The summed E-state index contributed by atoms with van der Waals surface area (Å²) in [6.45, 7) is 4.60. The van der Waals surface area contributed by atoms with Gasteiger partial charge in [-0.15, -0.1) is 0 Å². The molecule has 1 atom stereocenters. The summed E-state index contributed by atoms with van der Waals surface area (Å²) >= 11 is 0. The second-order valence-corrected chi connectivity index (χ2v) is 7.13. The van der Waals surface area contributed by atoms with Crippen molar-refractivity contribution in [2.75, 3.05) is 13.1 Å². The lowest BCUT2D eigenvalue weighted by molar-refractivity contribution is -0.142. The van der Waals surface area contributed by atoms with E-state index in [1.807, 2.05) is 0 Å². The van der Waals surface area contributed by atoms with Crippen LogP contribution in [0.4, 0.5) is 0 Å². The van der Waals surface area contributed by atoms with Crippen LogP contribution in [0.5, 0.6) is 0 Å². The molecule has 1 saturated carbocycles. The Bertz CT molecular complexity index is 549. The highest BCUT2D eigenvalue weighted by Crippen LogP contribution is 2.39. The molecule has 1 saturated heterocycles. The summed E-state index contributed by atoms with van der Waals surface area (Å²) in [6, 6.07) is 0. The Balaban J connectivity index is 1.73. The van der Waals surface area contributed by atoms with Gasteiger partial charge in [-0.1, -0.05) is 37.8 Å². The van der Waals surface area contributed by atoms with E-state index in [4.69, 9.17) is 4.52 Å². The Morgan fingerprint density at radius 2 is 1.91 bits per heavy atom. The number of carbonyl (C=O) groups is 1. The molecule has 1 aromatic rings. The molecule has 1 N–H and O–H groups in total. The summed E-state index contributed by atoms with van der Waals surface area (Å²) < 4.78 is 5.12. The van der Waals surface area contributed by atoms with Gasteiger partial charge in [0.1, 0.15) is 0 Å². The predicted octanol–water partition coefficient (Wildman–Crippen LogP) is 2.16. The molecule has 2 heterocycles. The number of hydrogen-bond acceptors (Lipinski definition) is 5. The lowest BCUT2D eigenvalue weighted by Crippen LogP contribution is -2.43. The van der Waals surface area contributed by atoms with Crippen molar-refractivity contribution < 1.29 is 14.4 Å². The zero-order chi connectivity index (χ0) is 15.8. The molecule has 122 valence electrons. The summed E-state index contributed by atoms with van der Waals surface area (Å²) in [6.07, 6.45) is 7.01. The van der Waals surface area contributed by atoms with Crippen molar-refractivity contribution in [1.29, 1.82) is 0 Å². The normalized spacial score (nSPS) is 28.6. The maximum Gasteiger partial charge on any atom is 0.260 e. The topological polar surface area (TPSA) is 79.5 Å². The zero-order valence-electron chi connectivity index (χ0n) is 13.5. The second kappa shape index (κ2) is 5.65.